The molecular formula is C17H17N5O. The minimum Gasteiger partial charge on any atom is -0.383 e. The first kappa shape index (κ1) is 14.8. The summed E-state index contributed by atoms with van der Waals surface area (Å²) in [6.07, 6.45) is 2.91. The van der Waals surface area contributed by atoms with E-state index in [4.69, 9.17) is 5.73 Å². The van der Waals surface area contributed by atoms with Gasteiger partial charge in [0.1, 0.15) is 11.5 Å². The Morgan fingerprint density at radius 3 is 2.65 bits per heavy atom. The van der Waals surface area contributed by atoms with Crippen molar-refractivity contribution in [1.82, 2.24) is 9.97 Å². The molecule has 3 rings (SSSR count). The maximum Gasteiger partial charge on any atom is 0.268 e. The molecule has 0 saturated carbocycles. The van der Waals surface area contributed by atoms with E-state index >= 15 is 0 Å². The number of hydrogen-bond acceptors (Lipinski definition) is 5. The highest BCUT2D eigenvalue weighted by Gasteiger charge is 2.04. The van der Waals surface area contributed by atoms with Gasteiger partial charge in [-0.05, 0) is 11.5 Å². The first-order chi connectivity index (χ1) is 11.2. The van der Waals surface area contributed by atoms with Gasteiger partial charge in [0.15, 0.2) is 0 Å². The number of primary amides is 1. The van der Waals surface area contributed by atoms with Gasteiger partial charge in [-0.2, -0.15) is 0 Å². The zero-order chi connectivity index (χ0) is 16.1. The van der Waals surface area contributed by atoms with Crippen LogP contribution in [0.2, 0.25) is 0 Å². The fourth-order valence-corrected chi connectivity index (χ4v) is 2.34. The molecule has 0 bridgehead atoms. The zero-order valence-corrected chi connectivity index (χ0v) is 12.5. The predicted octanol–water partition coefficient (Wildman–Crippen LogP) is 2.25. The number of anilines is 2. The van der Waals surface area contributed by atoms with Gasteiger partial charge in [0.2, 0.25) is 0 Å². The van der Waals surface area contributed by atoms with Crippen LogP contribution in [0.5, 0.6) is 0 Å². The van der Waals surface area contributed by atoms with E-state index in [-0.39, 0.29) is 5.69 Å². The van der Waals surface area contributed by atoms with Gasteiger partial charge in [0.05, 0.1) is 12.4 Å². The van der Waals surface area contributed by atoms with Crippen molar-refractivity contribution in [2.45, 2.75) is 0 Å². The Labute approximate surface area is 133 Å². The second-order valence-electron chi connectivity index (χ2n) is 5.03. The second-order valence-corrected chi connectivity index (χ2v) is 5.03. The van der Waals surface area contributed by atoms with Crippen molar-refractivity contribution < 1.29 is 4.79 Å². The van der Waals surface area contributed by atoms with Crippen LogP contribution >= 0.6 is 0 Å². The Morgan fingerprint density at radius 2 is 1.78 bits per heavy atom. The monoisotopic (exact) mass is 307 g/mol. The van der Waals surface area contributed by atoms with Crippen molar-refractivity contribution in [3.63, 3.8) is 0 Å². The molecule has 1 aromatic heterocycles. The number of aromatic nitrogens is 2. The Kier molecular flexibility index (Phi) is 4.33. The summed E-state index contributed by atoms with van der Waals surface area (Å²) in [7, 11) is 0. The molecule has 0 aliphatic heterocycles. The zero-order valence-electron chi connectivity index (χ0n) is 12.5. The summed E-state index contributed by atoms with van der Waals surface area (Å²) >= 11 is 0. The third-order valence-electron chi connectivity index (χ3n) is 3.42. The van der Waals surface area contributed by atoms with Gasteiger partial charge >= 0.3 is 0 Å². The van der Waals surface area contributed by atoms with Crippen LogP contribution < -0.4 is 16.4 Å². The first-order valence-corrected chi connectivity index (χ1v) is 7.31. The molecule has 0 radical (unpaired) electrons. The number of fused-ring (bicyclic) bond motifs is 1. The van der Waals surface area contributed by atoms with E-state index in [2.05, 4.69) is 44.9 Å². The molecule has 1 heterocycles. The van der Waals surface area contributed by atoms with Crippen LogP contribution in [0, 0.1) is 0 Å². The normalized spacial score (nSPS) is 10.4. The van der Waals surface area contributed by atoms with E-state index in [0.29, 0.717) is 18.9 Å². The fraction of sp³-hybridized carbons (Fsp3) is 0.118. The maximum atomic E-state index is 11.1. The second kappa shape index (κ2) is 6.74. The number of hydrogen-bond donors (Lipinski definition) is 3. The van der Waals surface area contributed by atoms with E-state index in [1.54, 1.807) is 6.20 Å². The van der Waals surface area contributed by atoms with E-state index in [1.807, 2.05) is 18.2 Å². The van der Waals surface area contributed by atoms with E-state index < -0.39 is 5.91 Å². The van der Waals surface area contributed by atoms with Crippen LogP contribution in [-0.2, 0) is 0 Å². The average Bonchev–Trinajstić information content (AvgIpc) is 2.59. The van der Waals surface area contributed by atoms with Gasteiger partial charge < -0.3 is 16.4 Å². The van der Waals surface area contributed by atoms with Crippen LogP contribution in [0.3, 0.4) is 0 Å². The molecule has 0 aliphatic carbocycles. The summed E-state index contributed by atoms with van der Waals surface area (Å²) in [5.41, 5.74) is 6.42. The Bertz CT molecular complexity index is 829. The molecule has 0 aliphatic rings. The molecule has 23 heavy (non-hydrogen) atoms. The quantitative estimate of drug-likeness (QED) is 0.607. The lowest BCUT2D eigenvalue weighted by Crippen LogP contribution is -2.17. The SMILES string of the molecule is NC(=O)c1cncc(NCCNc2cccc3ccccc23)n1. The molecule has 6 nitrogen and oxygen atoms in total. The summed E-state index contributed by atoms with van der Waals surface area (Å²) in [6, 6.07) is 14.4. The van der Waals surface area contributed by atoms with Crippen molar-refractivity contribution in [2.24, 2.45) is 5.73 Å². The molecule has 4 N–H and O–H groups in total. The number of nitrogens with one attached hydrogen (secondary N) is 2. The van der Waals surface area contributed by atoms with Crippen LogP contribution in [0.15, 0.2) is 54.9 Å². The molecule has 0 fully saturated rings. The highest BCUT2D eigenvalue weighted by Crippen LogP contribution is 2.22. The Morgan fingerprint density at radius 1 is 1.00 bits per heavy atom. The number of carbonyl (C=O) groups excluding carboxylic acids is 1. The number of nitrogens with two attached hydrogens (primary N) is 1. The molecule has 0 atom stereocenters. The van der Waals surface area contributed by atoms with Crippen LogP contribution in [0.4, 0.5) is 11.5 Å². The molecule has 1 amide bonds. The molecule has 0 saturated heterocycles. The highest BCUT2D eigenvalue weighted by atomic mass is 16.1. The first-order valence-electron chi connectivity index (χ1n) is 7.31. The Hall–Kier alpha value is -3.15. The molecule has 116 valence electrons. The average molecular weight is 307 g/mol. The number of nitrogens with zero attached hydrogens (tertiary/aromatic N) is 2. The van der Waals surface area contributed by atoms with Crippen molar-refractivity contribution >= 4 is 28.2 Å². The molecule has 2 aromatic carbocycles. The summed E-state index contributed by atoms with van der Waals surface area (Å²) in [4.78, 5) is 19.1. The van der Waals surface area contributed by atoms with Gasteiger partial charge in [-0.15, -0.1) is 0 Å². The summed E-state index contributed by atoms with van der Waals surface area (Å²) in [6.45, 7) is 1.34. The molecule has 3 aromatic rings. The van der Waals surface area contributed by atoms with E-state index in [0.717, 1.165) is 5.69 Å². The summed E-state index contributed by atoms with van der Waals surface area (Å²) < 4.78 is 0. The van der Waals surface area contributed by atoms with E-state index in [1.165, 1.54) is 17.0 Å². The van der Waals surface area contributed by atoms with Crippen LogP contribution in [0.1, 0.15) is 10.5 Å². The summed E-state index contributed by atoms with van der Waals surface area (Å²) in [5.74, 6) is -0.0592. The maximum absolute atomic E-state index is 11.1. The lowest BCUT2D eigenvalue weighted by molar-refractivity contribution is 0.0995. The topological polar surface area (TPSA) is 92.9 Å². The lowest BCUT2D eigenvalue weighted by Gasteiger charge is -2.11. The van der Waals surface area contributed by atoms with Gasteiger partial charge in [-0.25, -0.2) is 4.98 Å². The Balaban J connectivity index is 1.59. The predicted molar refractivity (Wildman–Crippen MR) is 91.5 cm³/mol. The highest BCUT2D eigenvalue weighted by molar-refractivity contribution is 5.93. The number of amides is 1. The molecule has 6 heteroatoms. The van der Waals surface area contributed by atoms with Crippen molar-refractivity contribution in [3.8, 4) is 0 Å². The van der Waals surface area contributed by atoms with Gasteiger partial charge in [-0.1, -0.05) is 36.4 Å². The minimum atomic E-state index is -0.588. The van der Waals surface area contributed by atoms with Crippen molar-refractivity contribution in [3.05, 3.63) is 60.6 Å². The number of carbonyl (C=O) groups is 1. The van der Waals surface area contributed by atoms with Gasteiger partial charge in [-0.3, -0.25) is 9.78 Å². The molecular weight excluding hydrogens is 290 g/mol. The standard InChI is InChI=1S/C17H17N5O/c18-17(23)15-10-19-11-16(22-15)21-9-8-20-14-7-3-5-12-4-1-2-6-13(12)14/h1-7,10-11,20H,8-9H2,(H2,18,23)(H,21,22). The number of rotatable bonds is 6. The lowest BCUT2D eigenvalue weighted by atomic mass is 10.1. The largest absolute Gasteiger partial charge is 0.383 e. The fourth-order valence-electron chi connectivity index (χ4n) is 2.34. The minimum absolute atomic E-state index is 0.150. The van der Waals surface area contributed by atoms with Crippen LogP contribution in [-0.4, -0.2) is 29.0 Å². The third kappa shape index (κ3) is 3.55. The number of benzene rings is 2. The molecule has 0 spiro atoms. The summed E-state index contributed by atoms with van der Waals surface area (Å²) in [5, 5.41) is 8.89. The van der Waals surface area contributed by atoms with Crippen molar-refractivity contribution in [2.75, 3.05) is 23.7 Å². The smallest absolute Gasteiger partial charge is 0.268 e. The van der Waals surface area contributed by atoms with Gasteiger partial charge in [0, 0.05) is 24.2 Å². The van der Waals surface area contributed by atoms with Crippen LogP contribution in [0.25, 0.3) is 10.8 Å². The van der Waals surface area contributed by atoms with E-state index in [9.17, 15) is 4.79 Å². The van der Waals surface area contributed by atoms with Crippen molar-refractivity contribution in [1.29, 1.82) is 0 Å². The molecule has 0 unspecified atom stereocenters. The third-order valence-corrected chi connectivity index (χ3v) is 3.42. The van der Waals surface area contributed by atoms with Gasteiger partial charge in [0.25, 0.3) is 5.91 Å².